The summed E-state index contributed by atoms with van der Waals surface area (Å²) in [5, 5.41) is 3.04. The molecule has 2 aromatic carbocycles. The number of nitrogens with one attached hydrogen (secondary N) is 1. The zero-order chi connectivity index (χ0) is 17.8. The van der Waals surface area contributed by atoms with E-state index in [-0.39, 0.29) is 29.6 Å². The fourth-order valence-corrected chi connectivity index (χ4v) is 2.59. The number of ether oxygens (including phenoxy) is 1. The second kappa shape index (κ2) is 7.55. The van der Waals surface area contributed by atoms with Crippen molar-refractivity contribution in [1.82, 2.24) is 10.3 Å². The Kier molecular flexibility index (Phi) is 5.21. The van der Waals surface area contributed by atoms with Crippen LogP contribution in [0, 0.1) is 0 Å². The molecule has 0 saturated carbocycles. The van der Waals surface area contributed by atoms with Crippen molar-refractivity contribution in [2.45, 2.75) is 6.61 Å². The van der Waals surface area contributed by atoms with Crippen LogP contribution in [0.25, 0.3) is 11.1 Å². The number of benzene rings is 2. The van der Waals surface area contributed by atoms with Crippen molar-refractivity contribution in [2.24, 2.45) is 0 Å². The first-order chi connectivity index (χ1) is 12.0. The molecule has 3 rings (SSSR count). The Labute approximate surface area is 152 Å². The first-order valence-electron chi connectivity index (χ1n) is 7.26. The summed E-state index contributed by atoms with van der Waals surface area (Å²) < 4.78 is 10.5. The highest BCUT2D eigenvalue weighted by molar-refractivity contribution is 6.36. The average molecular weight is 379 g/mol. The van der Waals surface area contributed by atoms with Crippen LogP contribution < -0.4 is 5.32 Å². The number of hydrogen-bond donors (Lipinski definition) is 1. The SMILES string of the molecule is O=C(CNC(=O)c1ccc(Cl)cc1Cl)OCc1nc2ccccc2o1. The lowest BCUT2D eigenvalue weighted by atomic mass is 10.2. The van der Waals surface area contributed by atoms with Crippen LogP contribution in [-0.4, -0.2) is 23.4 Å². The Hall–Kier alpha value is -2.57. The molecule has 0 aliphatic carbocycles. The number of esters is 1. The summed E-state index contributed by atoms with van der Waals surface area (Å²) in [5.41, 5.74) is 1.51. The molecule has 0 bridgehead atoms. The summed E-state index contributed by atoms with van der Waals surface area (Å²) in [4.78, 5) is 27.9. The molecule has 0 aliphatic rings. The van der Waals surface area contributed by atoms with Crippen LogP contribution in [0.15, 0.2) is 46.9 Å². The summed E-state index contributed by atoms with van der Waals surface area (Å²) in [5.74, 6) is -0.845. The fourth-order valence-electron chi connectivity index (χ4n) is 2.10. The first-order valence-corrected chi connectivity index (χ1v) is 8.02. The van der Waals surface area contributed by atoms with E-state index in [1.165, 1.54) is 18.2 Å². The minimum Gasteiger partial charge on any atom is -0.454 e. The average Bonchev–Trinajstić information content (AvgIpc) is 3.01. The fraction of sp³-hybridized carbons (Fsp3) is 0.118. The zero-order valence-corrected chi connectivity index (χ0v) is 14.3. The van der Waals surface area contributed by atoms with Crippen LogP contribution in [0.5, 0.6) is 0 Å². The number of para-hydroxylation sites is 2. The van der Waals surface area contributed by atoms with Gasteiger partial charge >= 0.3 is 5.97 Å². The van der Waals surface area contributed by atoms with Crippen LogP contribution in [0.4, 0.5) is 0 Å². The van der Waals surface area contributed by atoms with Gasteiger partial charge in [-0.05, 0) is 30.3 Å². The molecule has 0 aliphatic heterocycles. The van der Waals surface area contributed by atoms with Gasteiger partial charge in [-0.2, -0.15) is 0 Å². The van der Waals surface area contributed by atoms with Crippen molar-refractivity contribution in [1.29, 1.82) is 0 Å². The topological polar surface area (TPSA) is 81.4 Å². The third kappa shape index (κ3) is 4.29. The van der Waals surface area contributed by atoms with Gasteiger partial charge in [-0.3, -0.25) is 9.59 Å². The molecule has 1 heterocycles. The number of halogens is 2. The third-order valence-corrected chi connectivity index (χ3v) is 3.81. The molecule has 0 fully saturated rings. The number of nitrogens with zero attached hydrogens (tertiary/aromatic N) is 1. The van der Waals surface area contributed by atoms with Crippen molar-refractivity contribution in [3.63, 3.8) is 0 Å². The lowest BCUT2D eigenvalue weighted by molar-refractivity contribution is -0.144. The van der Waals surface area contributed by atoms with Gasteiger partial charge in [-0.15, -0.1) is 0 Å². The van der Waals surface area contributed by atoms with Crippen LogP contribution in [0.1, 0.15) is 16.2 Å². The van der Waals surface area contributed by atoms with Gasteiger partial charge in [0.05, 0.1) is 10.6 Å². The quantitative estimate of drug-likeness (QED) is 0.685. The minimum absolute atomic E-state index is 0.120. The van der Waals surface area contributed by atoms with E-state index < -0.39 is 11.9 Å². The van der Waals surface area contributed by atoms with Gasteiger partial charge in [-0.25, -0.2) is 4.98 Å². The molecule has 0 radical (unpaired) electrons. The predicted molar refractivity (Wildman–Crippen MR) is 92.6 cm³/mol. The number of aromatic nitrogens is 1. The number of carbonyl (C=O) groups is 2. The van der Waals surface area contributed by atoms with E-state index in [1.807, 2.05) is 12.1 Å². The maximum atomic E-state index is 12.0. The van der Waals surface area contributed by atoms with E-state index in [9.17, 15) is 9.59 Å². The first kappa shape index (κ1) is 17.3. The van der Waals surface area contributed by atoms with Crippen molar-refractivity contribution in [3.8, 4) is 0 Å². The van der Waals surface area contributed by atoms with Gasteiger partial charge in [-0.1, -0.05) is 35.3 Å². The molecule has 1 N–H and O–H groups in total. The molecule has 0 unspecified atom stereocenters. The molecular weight excluding hydrogens is 367 g/mol. The summed E-state index contributed by atoms with van der Waals surface area (Å²) in [6.07, 6.45) is 0. The van der Waals surface area contributed by atoms with Gasteiger partial charge in [0.2, 0.25) is 5.89 Å². The molecule has 0 saturated heterocycles. The van der Waals surface area contributed by atoms with Crippen LogP contribution >= 0.6 is 23.2 Å². The minimum atomic E-state index is -0.624. The van der Waals surface area contributed by atoms with Crippen molar-refractivity contribution in [2.75, 3.05) is 6.54 Å². The molecule has 128 valence electrons. The third-order valence-electron chi connectivity index (χ3n) is 3.26. The maximum Gasteiger partial charge on any atom is 0.325 e. The second-order valence-corrected chi connectivity index (χ2v) is 5.89. The lowest BCUT2D eigenvalue weighted by Gasteiger charge is -2.06. The van der Waals surface area contributed by atoms with E-state index in [0.717, 1.165) is 0 Å². The van der Waals surface area contributed by atoms with E-state index in [2.05, 4.69) is 10.3 Å². The molecule has 25 heavy (non-hydrogen) atoms. The summed E-state index contributed by atoms with van der Waals surface area (Å²) >= 11 is 11.7. The van der Waals surface area contributed by atoms with E-state index in [0.29, 0.717) is 16.1 Å². The predicted octanol–water partition coefficient (Wildman–Crippen LogP) is 3.61. The van der Waals surface area contributed by atoms with Crippen molar-refractivity contribution >= 4 is 46.2 Å². The Morgan fingerprint density at radius 2 is 1.96 bits per heavy atom. The largest absolute Gasteiger partial charge is 0.454 e. The molecule has 3 aromatic rings. The van der Waals surface area contributed by atoms with Crippen LogP contribution in [-0.2, 0) is 16.1 Å². The number of fused-ring (bicyclic) bond motifs is 1. The van der Waals surface area contributed by atoms with Crippen molar-refractivity contribution in [3.05, 3.63) is 64.0 Å². The number of oxazole rings is 1. The Morgan fingerprint density at radius 1 is 1.16 bits per heavy atom. The van der Waals surface area contributed by atoms with Gasteiger partial charge in [0.25, 0.3) is 5.91 Å². The summed E-state index contributed by atoms with van der Waals surface area (Å²) in [6, 6.07) is 11.7. The van der Waals surface area contributed by atoms with Crippen LogP contribution in [0.3, 0.4) is 0 Å². The lowest BCUT2D eigenvalue weighted by Crippen LogP contribution is -2.30. The monoisotopic (exact) mass is 378 g/mol. The Morgan fingerprint density at radius 3 is 2.72 bits per heavy atom. The highest BCUT2D eigenvalue weighted by atomic mass is 35.5. The van der Waals surface area contributed by atoms with Crippen molar-refractivity contribution < 1.29 is 18.7 Å². The van der Waals surface area contributed by atoms with Gasteiger partial charge < -0.3 is 14.5 Å². The summed E-state index contributed by atoms with van der Waals surface area (Å²) in [7, 11) is 0. The van der Waals surface area contributed by atoms with Gasteiger partial charge in [0, 0.05) is 5.02 Å². The van der Waals surface area contributed by atoms with E-state index >= 15 is 0 Å². The molecule has 6 nitrogen and oxygen atoms in total. The van der Waals surface area contributed by atoms with E-state index in [1.54, 1.807) is 12.1 Å². The maximum absolute atomic E-state index is 12.0. The number of amides is 1. The highest BCUT2D eigenvalue weighted by Gasteiger charge is 2.13. The Bertz CT molecular complexity index is 906. The van der Waals surface area contributed by atoms with E-state index in [4.69, 9.17) is 32.4 Å². The molecule has 1 amide bonds. The molecule has 1 aromatic heterocycles. The smallest absolute Gasteiger partial charge is 0.325 e. The standard InChI is InChI=1S/C17H12Cl2N2O4/c18-10-5-6-11(12(19)7-10)17(23)20-8-16(22)24-9-15-21-13-3-1-2-4-14(13)25-15/h1-7H,8-9H2,(H,20,23). The molecule has 8 heteroatoms. The normalized spacial score (nSPS) is 10.6. The summed E-state index contributed by atoms with van der Waals surface area (Å²) in [6.45, 7) is -0.427. The second-order valence-electron chi connectivity index (χ2n) is 5.04. The number of carbonyl (C=O) groups excluding carboxylic acids is 2. The molecule has 0 spiro atoms. The van der Waals surface area contributed by atoms with Gasteiger partial charge in [0.15, 0.2) is 12.2 Å². The number of hydrogen-bond acceptors (Lipinski definition) is 5. The molecule has 0 atom stereocenters. The van der Waals surface area contributed by atoms with Crippen LogP contribution in [0.2, 0.25) is 10.0 Å². The molecular formula is C17H12Cl2N2O4. The highest BCUT2D eigenvalue weighted by Crippen LogP contribution is 2.20. The Balaban J connectivity index is 1.51. The number of rotatable bonds is 5. The van der Waals surface area contributed by atoms with Gasteiger partial charge in [0.1, 0.15) is 12.1 Å². The zero-order valence-electron chi connectivity index (χ0n) is 12.8.